The maximum Gasteiger partial charge on any atom is 0.158 e. The maximum absolute atomic E-state index is 12.8. The fourth-order valence-electron chi connectivity index (χ4n) is 2.50. The SMILES string of the molecule is CC(C)(C)c1ccc([S+]([O-])c2ccc(Oc3ccc(O)cc3)cc2)cc1. The Morgan fingerprint density at radius 1 is 0.731 bits per heavy atom. The zero-order valence-electron chi connectivity index (χ0n) is 15.1. The lowest BCUT2D eigenvalue weighted by Gasteiger charge is -2.19. The highest BCUT2D eigenvalue weighted by Crippen LogP contribution is 2.28. The number of hydrogen-bond acceptors (Lipinski definition) is 3. The van der Waals surface area contributed by atoms with Gasteiger partial charge in [-0.3, -0.25) is 0 Å². The zero-order chi connectivity index (χ0) is 18.7. The third kappa shape index (κ3) is 4.40. The van der Waals surface area contributed by atoms with Gasteiger partial charge in [-0.05, 0) is 71.6 Å². The van der Waals surface area contributed by atoms with Crippen LogP contribution in [0.3, 0.4) is 0 Å². The summed E-state index contributed by atoms with van der Waals surface area (Å²) in [6.07, 6.45) is 0. The third-order valence-electron chi connectivity index (χ3n) is 4.04. The summed E-state index contributed by atoms with van der Waals surface area (Å²) >= 11 is -1.23. The molecule has 0 spiro atoms. The minimum Gasteiger partial charge on any atom is -0.606 e. The smallest absolute Gasteiger partial charge is 0.158 e. The van der Waals surface area contributed by atoms with E-state index in [4.69, 9.17) is 4.74 Å². The summed E-state index contributed by atoms with van der Waals surface area (Å²) in [5.41, 5.74) is 1.30. The molecular weight excluding hydrogens is 344 g/mol. The second kappa shape index (κ2) is 7.44. The molecule has 0 saturated carbocycles. The zero-order valence-corrected chi connectivity index (χ0v) is 15.9. The van der Waals surface area contributed by atoms with Gasteiger partial charge in [-0.2, -0.15) is 0 Å². The number of ether oxygens (including phenoxy) is 1. The molecule has 0 fully saturated rings. The average molecular weight is 366 g/mol. The molecule has 0 heterocycles. The molecular formula is C22H22O3S. The summed E-state index contributed by atoms with van der Waals surface area (Å²) in [6.45, 7) is 6.48. The van der Waals surface area contributed by atoms with E-state index < -0.39 is 11.2 Å². The van der Waals surface area contributed by atoms with E-state index in [1.807, 2.05) is 36.4 Å². The van der Waals surface area contributed by atoms with Crippen LogP contribution in [0.15, 0.2) is 82.6 Å². The summed E-state index contributed by atoms with van der Waals surface area (Å²) in [6, 6.07) is 21.7. The molecule has 0 saturated heterocycles. The minimum absolute atomic E-state index is 0.0766. The van der Waals surface area contributed by atoms with Crippen LogP contribution in [0.1, 0.15) is 26.3 Å². The fourth-order valence-corrected chi connectivity index (χ4v) is 3.53. The molecule has 3 aromatic rings. The van der Waals surface area contributed by atoms with Gasteiger partial charge < -0.3 is 14.4 Å². The quantitative estimate of drug-likeness (QED) is 0.607. The summed E-state index contributed by atoms with van der Waals surface area (Å²) in [5, 5.41) is 9.30. The van der Waals surface area contributed by atoms with Crippen molar-refractivity contribution in [3.63, 3.8) is 0 Å². The molecule has 0 aliphatic rings. The lowest BCUT2D eigenvalue weighted by molar-refractivity contribution is 0.464. The summed E-state index contributed by atoms with van der Waals surface area (Å²) < 4.78 is 18.5. The van der Waals surface area contributed by atoms with Crippen molar-refractivity contribution in [1.82, 2.24) is 0 Å². The van der Waals surface area contributed by atoms with Crippen LogP contribution in [-0.4, -0.2) is 9.66 Å². The Morgan fingerprint density at radius 2 is 1.15 bits per heavy atom. The first-order valence-electron chi connectivity index (χ1n) is 8.42. The van der Waals surface area contributed by atoms with Gasteiger partial charge in [-0.15, -0.1) is 0 Å². The molecule has 3 nitrogen and oxygen atoms in total. The number of hydrogen-bond donors (Lipinski definition) is 1. The molecule has 0 radical (unpaired) electrons. The Balaban J connectivity index is 1.72. The summed E-state index contributed by atoms with van der Waals surface area (Å²) in [4.78, 5) is 1.51. The first kappa shape index (κ1) is 18.4. The van der Waals surface area contributed by atoms with Gasteiger partial charge in [0.2, 0.25) is 0 Å². The van der Waals surface area contributed by atoms with Crippen molar-refractivity contribution in [3.05, 3.63) is 78.4 Å². The molecule has 0 amide bonds. The molecule has 4 heteroatoms. The maximum atomic E-state index is 12.8. The average Bonchev–Trinajstić information content (AvgIpc) is 2.63. The number of aromatic hydroxyl groups is 1. The largest absolute Gasteiger partial charge is 0.606 e. The van der Waals surface area contributed by atoms with E-state index >= 15 is 0 Å². The number of phenols is 1. The van der Waals surface area contributed by atoms with E-state index in [0.717, 1.165) is 9.79 Å². The van der Waals surface area contributed by atoms with Crippen molar-refractivity contribution in [2.24, 2.45) is 0 Å². The fraction of sp³-hybridized carbons (Fsp3) is 0.182. The second-order valence-corrected chi connectivity index (χ2v) is 8.59. The van der Waals surface area contributed by atoms with Crippen molar-refractivity contribution < 1.29 is 14.4 Å². The van der Waals surface area contributed by atoms with Crippen LogP contribution in [0.25, 0.3) is 0 Å². The molecule has 1 atom stereocenters. The standard InChI is InChI=1S/C22H22O3S/c1-22(2,3)16-4-12-20(13-5-16)26(24)21-14-10-19(11-15-21)25-18-8-6-17(23)7-9-18/h4-15,23H,1-3H3. The molecule has 26 heavy (non-hydrogen) atoms. The molecule has 1 N–H and O–H groups in total. The highest BCUT2D eigenvalue weighted by molar-refractivity contribution is 7.91. The lowest BCUT2D eigenvalue weighted by atomic mass is 9.87. The van der Waals surface area contributed by atoms with Gasteiger partial charge in [-0.1, -0.05) is 32.9 Å². The lowest BCUT2D eigenvalue weighted by Crippen LogP contribution is -2.11. The van der Waals surface area contributed by atoms with Gasteiger partial charge in [-0.25, -0.2) is 0 Å². The first-order valence-corrected chi connectivity index (χ1v) is 9.57. The highest BCUT2D eigenvalue weighted by atomic mass is 32.2. The van der Waals surface area contributed by atoms with Crippen LogP contribution in [0.2, 0.25) is 0 Å². The van der Waals surface area contributed by atoms with Crippen LogP contribution in [0.5, 0.6) is 17.2 Å². The van der Waals surface area contributed by atoms with Crippen molar-refractivity contribution >= 4 is 11.2 Å². The molecule has 134 valence electrons. The van der Waals surface area contributed by atoms with E-state index in [-0.39, 0.29) is 11.2 Å². The molecule has 3 aromatic carbocycles. The minimum atomic E-state index is -1.23. The Morgan fingerprint density at radius 3 is 1.62 bits per heavy atom. The van der Waals surface area contributed by atoms with E-state index in [2.05, 4.69) is 20.8 Å². The van der Waals surface area contributed by atoms with E-state index in [0.29, 0.717) is 11.5 Å². The molecule has 0 aliphatic carbocycles. The van der Waals surface area contributed by atoms with Crippen molar-refractivity contribution in [2.45, 2.75) is 36.0 Å². The van der Waals surface area contributed by atoms with Gasteiger partial charge in [0.05, 0.1) is 0 Å². The molecule has 0 aliphatic heterocycles. The van der Waals surface area contributed by atoms with Crippen LogP contribution >= 0.6 is 0 Å². The topological polar surface area (TPSA) is 52.5 Å². The monoisotopic (exact) mass is 366 g/mol. The molecule has 3 rings (SSSR count). The van der Waals surface area contributed by atoms with Crippen molar-refractivity contribution in [1.29, 1.82) is 0 Å². The predicted molar refractivity (Wildman–Crippen MR) is 104 cm³/mol. The van der Waals surface area contributed by atoms with Gasteiger partial charge in [0.1, 0.15) is 17.2 Å². The van der Waals surface area contributed by atoms with Crippen LogP contribution in [0.4, 0.5) is 0 Å². The van der Waals surface area contributed by atoms with Crippen LogP contribution < -0.4 is 4.74 Å². The third-order valence-corrected chi connectivity index (χ3v) is 5.45. The van der Waals surface area contributed by atoms with Crippen molar-refractivity contribution in [2.75, 3.05) is 0 Å². The number of phenolic OH excluding ortho intramolecular Hbond substituents is 1. The Bertz CT molecular complexity index is 848. The Hall–Kier alpha value is -2.43. The van der Waals surface area contributed by atoms with E-state index in [9.17, 15) is 9.66 Å². The second-order valence-electron chi connectivity index (χ2n) is 7.11. The van der Waals surface area contributed by atoms with Gasteiger partial charge in [0.15, 0.2) is 9.79 Å². The molecule has 0 aromatic heterocycles. The number of rotatable bonds is 4. The van der Waals surface area contributed by atoms with E-state index in [1.165, 1.54) is 5.56 Å². The summed E-state index contributed by atoms with van der Waals surface area (Å²) in [5.74, 6) is 1.48. The van der Waals surface area contributed by atoms with Gasteiger partial charge in [0.25, 0.3) is 0 Å². The predicted octanol–water partition coefficient (Wildman–Crippen LogP) is 5.65. The van der Waals surface area contributed by atoms with Crippen LogP contribution in [0, 0.1) is 0 Å². The van der Waals surface area contributed by atoms with Crippen LogP contribution in [-0.2, 0) is 16.6 Å². The molecule has 0 bridgehead atoms. The van der Waals surface area contributed by atoms with E-state index in [1.54, 1.807) is 36.4 Å². The van der Waals surface area contributed by atoms with Gasteiger partial charge in [0, 0.05) is 11.2 Å². The van der Waals surface area contributed by atoms with Crippen molar-refractivity contribution in [3.8, 4) is 17.2 Å². The highest BCUT2D eigenvalue weighted by Gasteiger charge is 2.18. The Kier molecular flexibility index (Phi) is 5.25. The van der Waals surface area contributed by atoms with Gasteiger partial charge >= 0.3 is 0 Å². The number of benzene rings is 3. The first-order chi connectivity index (χ1) is 12.3. The molecule has 1 unspecified atom stereocenters. The Labute approximate surface area is 157 Å². The summed E-state index contributed by atoms with van der Waals surface area (Å²) in [7, 11) is 0. The normalized spacial score (nSPS) is 12.6.